The third-order valence-electron chi connectivity index (χ3n) is 5.39. The van der Waals surface area contributed by atoms with Crippen LogP contribution in [0.4, 0.5) is 25.1 Å². The van der Waals surface area contributed by atoms with Crippen molar-refractivity contribution in [2.45, 2.75) is 52.4 Å². The molecule has 1 aliphatic heterocycles. The number of carbonyl (C=O) groups is 2. The molecule has 4 rings (SSSR count). The highest BCUT2D eigenvalue weighted by Gasteiger charge is 2.34. The fraction of sp³-hybridized carbons (Fsp3) is 0.308. The number of nitrogens with zero attached hydrogens (tertiary/aromatic N) is 3. The average molecular weight is 530 g/mol. The van der Waals surface area contributed by atoms with E-state index < -0.39 is 34.2 Å². The Morgan fingerprint density at radius 1 is 1.14 bits per heavy atom. The molecule has 0 aliphatic carbocycles. The Kier molecular flexibility index (Phi) is 8.69. The van der Waals surface area contributed by atoms with Crippen molar-refractivity contribution in [3.05, 3.63) is 64.7 Å². The van der Waals surface area contributed by atoms with Crippen LogP contribution in [0.3, 0.4) is 0 Å². The predicted octanol–water partition coefficient (Wildman–Crippen LogP) is 4.99. The summed E-state index contributed by atoms with van der Waals surface area (Å²) in [4.78, 5) is 34.9. The van der Waals surface area contributed by atoms with Crippen LogP contribution in [-0.2, 0) is 17.3 Å². The molecule has 196 valence electrons. The van der Waals surface area contributed by atoms with Crippen LogP contribution in [0.2, 0.25) is 0 Å². The number of urea groups is 1. The Hall–Kier alpha value is -3.73. The molecule has 0 fully saturated rings. The van der Waals surface area contributed by atoms with E-state index in [0.717, 1.165) is 22.6 Å². The number of para-hydroxylation sites is 1. The largest absolute Gasteiger partial charge is 0.350 e. The fourth-order valence-electron chi connectivity index (χ4n) is 3.76. The van der Waals surface area contributed by atoms with E-state index in [9.17, 15) is 22.6 Å². The monoisotopic (exact) mass is 529 g/mol. The normalized spacial score (nSPS) is 13.3. The lowest BCUT2D eigenvalue weighted by Gasteiger charge is -2.30. The Labute approximate surface area is 217 Å². The fourth-order valence-corrected chi connectivity index (χ4v) is 4.20. The SMILES string of the molecule is CC.Cc1ccc(C(=O)NC(C)C)cc1-c1nc(S(C)=O)nc2c1CNC(=O)N2c1c(F)cccc1F. The van der Waals surface area contributed by atoms with Crippen LogP contribution in [0.5, 0.6) is 0 Å². The van der Waals surface area contributed by atoms with Crippen molar-refractivity contribution in [3.63, 3.8) is 0 Å². The van der Waals surface area contributed by atoms with E-state index in [-0.39, 0.29) is 29.5 Å². The van der Waals surface area contributed by atoms with Crippen molar-refractivity contribution in [1.82, 2.24) is 20.6 Å². The highest BCUT2D eigenvalue weighted by Crippen LogP contribution is 2.38. The van der Waals surface area contributed by atoms with Crippen LogP contribution in [0, 0.1) is 18.6 Å². The van der Waals surface area contributed by atoms with Gasteiger partial charge in [-0.3, -0.25) is 9.00 Å². The van der Waals surface area contributed by atoms with Gasteiger partial charge in [0.05, 0.1) is 23.0 Å². The van der Waals surface area contributed by atoms with E-state index in [4.69, 9.17) is 0 Å². The van der Waals surface area contributed by atoms with E-state index >= 15 is 0 Å². The number of hydrogen-bond acceptors (Lipinski definition) is 5. The van der Waals surface area contributed by atoms with Gasteiger partial charge in [0.1, 0.15) is 17.3 Å². The van der Waals surface area contributed by atoms with Crippen molar-refractivity contribution in [2.75, 3.05) is 11.2 Å². The zero-order chi connectivity index (χ0) is 27.4. The van der Waals surface area contributed by atoms with Crippen molar-refractivity contribution in [2.24, 2.45) is 0 Å². The third-order valence-corrected chi connectivity index (χ3v) is 6.09. The summed E-state index contributed by atoms with van der Waals surface area (Å²) in [6.45, 7) is 9.46. The Balaban J connectivity index is 0.00000186. The number of rotatable bonds is 5. The lowest BCUT2D eigenvalue weighted by Crippen LogP contribution is -2.43. The summed E-state index contributed by atoms with van der Waals surface area (Å²) in [5.74, 6) is -2.29. The molecular formula is C26H29F2N5O3S. The molecular weight excluding hydrogens is 500 g/mol. The zero-order valence-electron chi connectivity index (χ0n) is 21.5. The number of halogens is 2. The lowest BCUT2D eigenvalue weighted by molar-refractivity contribution is 0.0943. The number of aromatic nitrogens is 2. The quantitative estimate of drug-likeness (QED) is 0.453. The summed E-state index contributed by atoms with van der Waals surface area (Å²) < 4.78 is 41.8. The maximum absolute atomic E-state index is 14.7. The van der Waals surface area contributed by atoms with Crippen LogP contribution in [0.25, 0.3) is 11.3 Å². The smallest absolute Gasteiger partial charge is 0.328 e. The van der Waals surface area contributed by atoms with Gasteiger partial charge in [0, 0.05) is 29.0 Å². The molecule has 0 saturated heterocycles. The van der Waals surface area contributed by atoms with Crippen molar-refractivity contribution in [3.8, 4) is 11.3 Å². The first-order valence-corrected chi connectivity index (χ1v) is 13.3. The molecule has 11 heteroatoms. The Bertz CT molecular complexity index is 1360. The van der Waals surface area contributed by atoms with Crippen LogP contribution in [-0.4, -0.2) is 38.4 Å². The van der Waals surface area contributed by atoms with E-state index in [1.54, 1.807) is 18.2 Å². The molecule has 2 aromatic carbocycles. The summed E-state index contributed by atoms with van der Waals surface area (Å²) in [5, 5.41) is 5.31. The molecule has 0 radical (unpaired) electrons. The van der Waals surface area contributed by atoms with Gasteiger partial charge in [0.15, 0.2) is 5.82 Å². The first-order chi connectivity index (χ1) is 17.6. The molecule has 3 amide bonds. The highest BCUT2D eigenvalue weighted by molar-refractivity contribution is 7.84. The van der Waals surface area contributed by atoms with Crippen molar-refractivity contribution in [1.29, 1.82) is 0 Å². The molecule has 37 heavy (non-hydrogen) atoms. The predicted molar refractivity (Wildman–Crippen MR) is 139 cm³/mol. The number of fused-ring (bicyclic) bond motifs is 1. The summed E-state index contributed by atoms with van der Waals surface area (Å²) in [7, 11) is -1.68. The first kappa shape index (κ1) is 27.9. The minimum atomic E-state index is -1.68. The number of aryl methyl sites for hydroxylation is 1. The van der Waals surface area contributed by atoms with Crippen molar-refractivity contribution >= 4 is 34.2 Å². The number of nitrogens with one attached hydrogen (secondary N) is 2. The summed E-state index contributed by atoms with van der Waals surface area (Å²) in [6, 6.07) is 7.44. The molecule has 0 bridgehead atoms. The van der Waals surface area contributed by atoms with Gasteiger partial charge in [0.25, 0.3) is 5.91 Å². The lowest BCUT2D eigenvalue weighted by atomic mass is 9.97. The second-order valence-corrected chi connectivity index (χ2v) is 9.61. The third kappa shape index (κ3) is 5.66. The molecule has 2 N–H and O–H groups in total. The second kappa shape index (κ2) is 11.5. The van der Waals surface area contributed by atoms with Crippen LogP contribution in [0.15, 0.2) is 41.6 Å². The molecule has 2 heterocycles. The standard InChI is InChI=1S/C24H23F2N5O3S.C2H6/c1-12(2)28-22(32)14-9-8-13(3)15(10-14)19-16-11-27-24(33)31(20-17(25)6-5-7-18(20)26)21(16)30-23(29-19)35(4)34;1-2/h5-10,12H,11H2,1-4H3,(H,27,33)(H,28,32);1-2H3. The van der Waals surface area contributed by atoms with E-state index in [2.05, 4.69) is 20.6 Å². The number of anilines is 2. The van der Waals surface area contributed by atoms with E-state index in [0.29, 0.717) is 22.4 Å². The Morgan fingerprint density at radius 3 is 2.38 bits per heavy atom. The van der Waals surface area contributed by atoms with Gasteiger partial charge in [-0.05, 0) is 50.6 Å². The summed E-state index contributed by atoms with van der Waals surface area (Å²) in [6.07, 6.45) is 1.36. The average Bonchev–Trinajstić information content (AvgIpc) is 2.85. The minimum absolute atomic E-state index is 0.0332. The zero-order valence-corrected chi connectivity index (χ0v) is 22.3. The van der Waals surface area contributed by atoms with Gasteiger partial charge in [0.2, 0.25) is 5.16 Å². The Morgan fingerprint density at radius 2 is 1.78 bits per heavy atom. The maximum Gasteiger partial charge on any atom is 0.328 e. The maximum atomic E-state index is 14.7. The number of carbonyl (C=O) groups excluding carboxylic acids is 2. The molecule has 8 nitrogen and oxygen atoms in total. The molecule has 0 spiro atoms. The van der Waals surface area contributed by atoms with Gasteiger partial charge in [-0.25, -0.2) is 28.4 Å². The molecule has 1 unspecified atom stereocenters. The molecule has 3 aromatic rings. The summed E-state index contributed by atoms with van der Waals surface area (Å²) in [5.41, 5.74) is 1.73. The second-order valence-electron chi connectivity index (χ2n) is 8.33. The van der Waals surface area contributed by atoms with Crippen molar-refractivity contribution < 1.29 is 22.6 Å². The number of amides is 3. The molecule has 0 saturated carbocycles. The van der Waals surface area contributed by atoms with Gasteiger partial charge in [-0.1, -0.05) is 26.0 Å². The number of hydrogen-bond donors (Lipinski definition) is 2. The van der Waals surface area contributed by atoms with E-state index in [1.807, 2.05) is 34.6 Å². The minimum Gasteiger partial charge on any atom is -0.350 e. The van der Waals surface area contributed by atoms with Gasteiger partial charge in [-0.2, -0.15) is 0 Å². The number of benzene rings is 2. The van der Waals surface area contributed by atoms with Gasteiger partial charge in [-0.15, -0.1) is 0 Å². The topological polar surface area (TPSA) is 104 Å². The first-order valence-electron chi connectivity index (χ1n) is 11.8. The molecule has 1 atom stereocenters. The van der Waals surface area contributed by atoms with E-state index in [1.165, 1.54) is 12.3 Å². The highest BCUT2D eigenvalue weighted by atomic mass is 32.2. The molecule has 1 aromatic heterocycles. The van der Waals surface area contributed by atoms with Gasteiger partial charge < -0.3 is 10.6 Å². The molecule has 1 aliphatic rings. The van der Waals surface area contributed by atoms with Gasteiger partial charge >= 0.3 is 6.03 Å². The van der Waals surface area contributed by atoms with Crippen LogP contribution in [0.1, 0.15) is 49.2 Å². The van der Waals surface area contributed by atoms with Crippen LogP contribution < -0.4 is 15.5 Å². The summed E-state index contributed by atoms with van der Waals surface area (Å²) >= 11 is 0. The van der Waals surface area contributed by atoms with Crippen LogP contribution >= 0.6 is 0 Å².